The van der Waals surface area contributed by atoms with Crippen LogP contribution in [0.5, 0.6) is 17.2 Å². The Balaban J connectivity index is 1.35. The number of hydrogen-bond donors (Lipinski definition) is 2. The van der Waals surface area contributed by atoms with Gasteiger partial charge in [-0.25, -0.2) is 0 Å². The molecule has 2 N–H and O–H groups in total. The molecule has 1 aliphatic heterocycles. The topological polar surface area (TPSA) is 88.1 Å². The molecule has 4 bridgehead atoms. The van der Waals surface area contributed by atoms with Crippen molar-refractivity contribution in [3.8, 4) is 17.2 Å². The van der Waals surface area contributed by atoms with Crippen LogP contribution in [0.3, 0.4) is 0 Å². The Kier molecular flexibility index (Phi) is 5.36. The number of thioether (sulfide) groups is 1. The molecule has 5 fully saturated rings. The van der Waals surface area contributed by atoms with Crippen molar-refractivity contribution in [2.45, 2.75) is 38.5 Å². The van der Waals surface area contributed by atoms with E-state index in [1.54, 1.807) is 18.2 Å². The second kappa shape index (κ2) is 7.95. The van der Waals surface area contributed by atoms with Gasteiger partial charge in [0.2, 0.25) is 11.7 Å². The lowest BCUT2D eigenvalue weighted by Gasteiger charge is -2.55. The number of phenolic OH excluding ortho intramolecular Hbond substituents is 1. The third kappa shape index (κ3) is 3.55. The third-order valence-electron chi connectivity index (χ3n) is 7.33. The Morgan fingerprint density at radius 1 is 1.16 bits per heavy atom. The molecule has 32 heavy (non-hydrogen) atoms. The van der Waals surface area contributed by atoms with E-state index in [-0.39, 0.29) is 34.5 Å². The summed E-state index contributed by atoms with van der Waals surface area (Å²) in [5.74, 6) is 1.85. The van der Waals surface area contributed by atoms with E-state index < -0.39 is 0 Å². The number of hydrazine groups is 1. The molecule has 170 valence electrons. The highest BCUT2D eigenvalue weighted by molar-refractivity contribution is 8.26. The first-order valence-corrected chi connectivity index (χ1v) is 12.1. The summed E-state index contributed by atoms with van der Waals surface area (Å²) in [6.07, 6.45) is 8.15. The highest BCUT2D eigenvalue weighted by atomic mass is 32.2. The minimum atomic E-state index is -0.362. The summed E-state index contributed by atoms with van der Waals surface area (Å²) >= 11 is 6.55. The summed E-state index contributed by atoms with van der Waals surface area (Å²) in [6, 6.07) is 3.22. The van der Waals surface area contributed by atoms with Gasteiger partial charge in [-0.1, -0.05) is 11.8 Å². The standard InChI is InChI=1S/C23H26N2O5S2/c1-29-16-6-12(7-17(30-2)19(16)26)8-18-20(27)25(22(31)32-18)24-21(28)23-9-13-3-14(10-23)5-15(4-13)11-23/h6-8,13-15,26H,3-5,9-11H2,1-2H3,(H,24,28)/b18-8+. The van der Waals surface area contributed by atoms with E-state index >= 15 is 0 Å². The van der Waals surface area contributed by atoms with E-state index in [1.165, 1.54) is 38.5 Å². The van der Waals surface area contributed by atoms with Gasteiger partial charge < -0.3 is 14.6 Å². The minimum absolute atomic E-state index is 0.0675. The van der Waals surface area contributed by atoms with Gasteiger partial charge in [0.1, 0.15) is 0 Å². The number of benzene rings is 1. The molecule has 1 aromatic carbocycles. The van der Waals surface area contributed by atoms with Crippen molar-refractivity contribution in [2.75, 3.05) is 14.2 Å². The number of thiocarbonyl (C=S) groups is 1. The van der Waals surface area contributed by atoms with Crippen LogP contribution in [0.4, 0.5) is 0 Å². The van der Waals surface area contributed by atoms with Crippen molar-refractivity contribution >= 4 is 46.2 Å². The molecule has 1 saturated heterocycles. The molecule has 4 saturated carbocycles. The maximum Gasteiger partial charge on any atom is 0.285 e. The van der Waals surface area contributed by atoms with Crippen LogP contribution in [0, 0.1) is 23.2 Å². The lowest BCUT2D eigenvalue weighted by molar-refractivity contribution is -0.152. The van der Waals surface area contributed by atoms with Gasteiger partial charge in [0.05, 0.1) is 24.5 Å². The molecule has 0 atom stereocenters. The normalized spacial score (nSPS) is 32.0. The molecule has 0 spiro atoms. The van der Waals surface area contributed by atoms with Crippen LogP contribution in [0.2, 0.25) is 0 Å². The average Bonchev–Trinajstić information content (AvgIpc) is 3.01. The largest absolute Gasteiger partial charge is 0.502 e. The number of amides is 2. The zero-order valence-electron chi connectivity index (χ0n) is 18.1. The van der Waals surface area contributed by atoms with Crippen LogP contribution in [0.15, 0.2) is 17.0 Å². The number of rotatable bonds is 5. The number of nitrogens with zero attached hydrogens (tertiary/aromatic N) is 1. The van der Waals surface area contributed by atoms with E-state index in [1.807, 2.05) is 0 Å². The molecule has 5 aliphatic rings. The summed E-state index contributed by atoms with van der Waals surface area (Å²) in [4.78, 5) is 26.8. The highest BCUT2D eigenvalue weighted by Crippen LogP contribution is 2.60. The fourth-order valence-electron chi connectivity index (χ4n) is 6.32. The number of carbonyl (C=O) groups is 2. The quantitative estimate of drug-likeness (QED) is 0.495. The van der Waals surface area contributed by atoms with E-state index in [0.29, 0.717) is 32.5 Å². The van der Waals surface area contributed by atoms with Crippen molar-refractivity contribution in [3.63, 3.8) is 0 Å². The van der Waals surface area contributed by atoms with E-state index in [2.05, 4.69) is 5.43 Å². The summed E-state index contributed by atoms with van der Waals surface area (Å²) in [5, 5.41) is 11.3. The van der Waals surface area contributed by atoms with Crippen molar-refractivity contribution in [2.24, 2.45) is 23.2 Å². The third-order valence-corrected chi connectivity index (χ3v) is 8.63. The number of ether oxygens (including phenoxy) is 2. The smallest absolute Gasteiger partial charge is 0.285 e. The lowest BCUT2D eigenvalue weighted by atomic mass is 9.49. The number of hydrogen-bond acceptors (Lipinski definition) is 7. The Morgan fingerprint density at radius 2 is 1.69 bits per heavy atom. The van der Waals surface area contributed by atoms with Gasteiger partial charge in [-0.05, 0) is 92.3 Å². The summed E-state index contributed by atoms with van der Waals surface area (Å²) in [5.41, 5.74) is 3.11. The van der Waals surface area contributed by atoms with Crippen molar-refractivity contribution in [3.05, 3.63) is 22.6 Å². The fourth-order valence-corrected chi connectivity index (χ4v) is 7.50. The second-order valence-electron chi connectivity index (χ2n) is 9.43. The summed E-state index contributed by atoms with van der Waals surface area (Å²) < 4.78 is 10.7. The molecule has 9 heteroatoms. The van der Waals surface area contributed by atoms with Gasteiger partial charge >= 0.3 is 0 Å². The van der Waals surface area contributed by atoms with Gasteiger partial charge in [-0.3, -0.25) is 15.0 Å². The number of carbonyl (C=O) groups excluding carboxylic acids is 2. The van der Waals surface area contributed by atoms with E-state index in [9.17, 15) is 14.7 Å². The molecule has 0 radical (unpaired) electrons. The van der Waals surface area contributed by atoms with Crippen molar-refractivity contribution in [1.82, 2.24) is 10.4 Å². The predicted octanol–water partition coefficient (Wildman–Crippen LogP) is 3.86. The lowest BCUT2D eigenvalue weighted by Crippen LogP contribution is -2.57. The molecule has 6 rings (SSSR count). The van der Waals surface area contributed by atoms with Crippen LogP contribution in [0.25, 0.3) is 6.08 Å². The molecular weight excluding hydrogens is 448 g/mol. The van der Waals surface area contributed by atoms with Crippen molar-refractivity contribution < 1.29 is 24.2 Å². The van der Waals surface area contributed by atoms with Gasteiger partial charge in [-0.15, -0.1) is 0 Å². The van der Waals surface area contributed by atoms with Crippen LogP contribution in [-0.2, 0) is 9.59 Å². The Morgan fingerprint density at radius 3 is 2.19 bits per heavy atom. The first-order chi connectivity index (χ1) is 15.3. The number of methoxy groups -OCH3 is 2. The predicted molar refractivity (Wildman–Crippen MR) is 125 cm³/mol. The van der Waals surface area contributed by atoms with Gasteiger partial charge in [0, 0.05) is 0 Å². The molecule has 4 aliphatic carbocycles. The van der Waals surface area contributed by atoms with Crippen molar-refractivity contribution in [1.29, 1.82) is 0 Å². The molecule has 0 aromatic heterocycles. The Labute approximate surface area is 196 Å². The Bertz CT molecular complexity index is 977. The Hall–Kier alpha value is -2.26. The molecular formula is C23H26N2O5S2. The number of aromatic hydroxyl groups is 1. The molecule has 1 heterocycles. The first kappa shape index (κ1) is 21.6. The van der Waals surface area contributed by atoms with Crippen LogP contribution in [0.1, 0.15) is 44.1 Å². The fraction of sp³-hybridized carbons (Fsp3) is 0.522. The SMILES string of the molecule is COc1cc(/C=C2/SC(=S)N(NC(=O)C34CC5CC(CC(C5)C3)C4)C2=O)cc(OC)c1O. The zero-order chi connectivity index (χ0) is 22.6. The van der Waals surface area contributed by atoms with Gasteiger partial charge in [-0.2, -0.15) is 5.01 Å². The summed E-state index contributed by atoms with van der Waals surface area (Å²) in [6.45, 7) is 0. The van der Waals surface area contributed by atoms with Crippen LogP contribution < -0.4 is 14.9 Å². The van der Waals surface area contributed by atoms with Crippen LogP contribution >= 0.6 is 24.0 Å². The average molecular weight is 475 g/mol. The molecule has 7 nitrogen and oxygen atoms in total. The maximum absolute atomic E-state index is 13.4. The molecule has 1 aromatic rings. The van der Waals surface area contributed by atoms with Crippen LogP contribution in [-0.4, -0.2) is 40.5 Å². The maximum atomic E-state index is 13.4. The summed E-state index contributed by atoms with van der Waals surface area (Å²) in [7, 11) is 2.88. The van der Waals surface area contributed by atoms with Gasteiger partial charge in [0.25, 0.3) is 5.91 Å². The molecule has 2 amide bonds. The number of phenols is 1. The van der Waals surface area contributed by atoms with E-state index in [0.717, 1.165) is 31.0 Å². The van der Waals surface area contributed by atoms with E-state index in [4.69, 9.17) is 21.7 Å². The zero-order valence-corrected chi connectivity index (χ0v) is 19.7. The highest BCUT2D eigenvalue weighted by Gasteiger charge is 2.55. The number of nitrogens with one attached hydrogen (secondary N) is 1. The minimum Gasteiger partial charge on any atom is -0.502 e. The monoisotopic (exact) mass is 474 g/mol. The second-order valence-corrected chi connectivity index (χ2v) is 11.1. The van der Waals surface area contributed by atoms with Gasteiger partial charge in [0.15, 0.2) is 15.8 Å². The first-order valence-electron chi connectivity index (χ1n) is 10.9. The molecule has 0 unspecified atom stereocenters.